The second-order valence-electron chi connectivity index (χ2n) is 14.2. The van der Waals surface area contributed by atoms with Gasteiger partial charge in [-0.1, -0.05) is 0 Å². The van der Waals surface area contributed by atoms with Crippen LogP contribution in [0.2, 0.25) is 0 Å². The van der Waals surface area contributed by atoms with Gasteiger partial charge in [-0.3, -0.25) is 42.3 Å². The molecule has 0 radical (unpaired) electrons. The average Bonchev–Trinajstić information content (AvgIpc) is 3.40. The van der Waals surface area contributed by atoms with Crippen molar-refractivity contribution in [3.63, 3.8) is 0 Å². The molecular weight excluding hydrogens is 643 g/mol. The Morgan fingerprint density at radius 2 is 1.28 bits per heavy atom. The number of ether oxygens (including phenoxy) is 5. The highest BCUT2D eigenvalue weighted by Gasteiger charge is 2.48. The van der Waals surface area contributed by atoms with Gasteiger partial charge >= 0.3 is 37.2 Å². The van der Waals surface area contributed by atoms with Gasteiger partial charge in [0.2, 0.25) is 20.4 Å². The lowest BCUT2D eigenvalue weighted by atomic mass is 9.97. The zero-order chi connectivity index (χ0) is 36.0. The van der Waals surface area contributed by atoms with Crippen LogP contribution in [0.15, 0.2) is 15.8 Å². The summed E-state index contributed by atoms with van der Waals surface area (Å²) in [4.78, 5) is 76.9. The predicted molar refractivity (Wildman–Crippen MR) is 165 cm³/mol. The maximum absolute atomic E-state index is 14.3. The molecule has 0 bridgehead atoms. The van der Waals surface area contributed by atoms with Crippen molar-refractivity contribution < 1.29 is 56.5 Å². The molecule has 1 aliphatic carbocycles. The highest BCUT2D eigenvalue weighted by atomic mass is 31.2. The molecule has 0 aromatic carbocycles. The number of hydrogen-bond acceptors (Lipinski definition) is 14. The summed E-state index contributed by atoms with van der Waals surface area (Å²) in [7, 11) is -4.87. The van der Waals surface area contributed by atoms with Crippen molar-refractivity contribution in [3.8, 4) is 0 Å². The number of nitrogens with zero attached hydrogens (tertiary/aromatic N) is 1. The Hall–Kier alpha value is -3.33. The minimum absolute atomic E-state index is 0.131. The van der Waals surface area contributed by atoms with Crippen LogP contribution in [0.25, 0.3) is 0 Å². The summed E-state index contributed by atoms with van der Waals surface area (Å²) in [6.07, 6.45) is 1.35. The molecule has 3 atom stereocenters. The van der Waals surface area contributed by atoms with E-state index in [1.807, 2.05) is 0 Å². The van der Waals surface area contributed by atoms with Gasteiger partial charge in [-0.15, -0.1) is 0 Å². The molecule has 1 heterocycles. The summed E-state index contributed by atoms with van der Waals surface area (Å²) in [6, 6.07) is -0.464. The van der Waals surface area contributed by atoms with Crippen LogP contribution in [-0.2, 0) is 56.5 Å². The van der Waals surface area contributed by atoms with E-state index in [0.29, 0.717) is 12.0 Å². The highest BCUT2D eigenvalue weighted by molar-refractivity contribution is 7.55. The number of aromatic amines is 1. The maximum Gasteiger partial charge on any atom is 0.376 e. The molecule has 1 N–H and O–H groups in total. The third-order valence-electron chi connectivity index (χ3n) is 6.78. The van der Waals surface area contributed by atoms with Gasteiger partial charge in [0.25, 0.3) is 11.4 Å². The fourth-order valence-electron chi connectivity index (χ4n) is 3.93. The molecule has 47 heavy (non-hydrogen) atoms. The lowest BCUT2D eigenvalue weighted by Crippen LogP contribution is -2.35. The molecule has 1 fully saturated rings. The maximum atomic E-state index is 14.3. The van der Waals surface area contributed by atoms with Gasteiger partial charge in [-0.25, -0.2) is 9.59 Å². The van der Waals surface area contributed by atoms with Crippen molar-refractivity contribution in [2.75, 3.05) is 20.4 Å². The Morgan fingerprint density at radius 3 is 1.74 bits per heavy atom. The van der Waals surface area contributed by atoms with Crippen molar-refractivity contribution >= 4 is 31.5 Å². The summed E-state index contributed by atoms with van der Waals surface area (Å²) in [5.41, 5.74) is -3.70. The van der Waals surface area contributed by atoms with Crippen LogP contribution < -0.4 is 11.2 Å². The zero-order valence-electron chi connectivity index (χ0n) is 28.7. The minimum atomic E-state index is -4.87. The molecule has 0 spiro atoms. The van der Waals surface area contributed by atoms with E-state index >= 15 is 0 Å². The smallest absolute Gasteiger partial charge is 0.376 e. The molecule has 0 aliphatic heterocycles. The average molecular weight is 691 g/mol. The first-order valence-corrected chi connectivity index (χ1v) is 16.6. The van der Waals surface area contributed by atoms with E-state index in [2.05, 4.69) is 4.98 Å². The minimum Gasteiger partial charge on any atom is -0.438 e. The van der Waals surface area contributed by atoms with Gasteiger partial charge in [0.05, 0.1) is 22.3 Å². The van der Waals surface area contributed by atoms with Crippen LogP contribution in [0.4, 0.5) is 0 Å². The molecule has 3 unspecified atom stereocenters. The Labute approximate surface area is 273 Å². The number of H-pyrrole nitrogens is 1. The van der Waals surface area contributed by atoms with E-state index < -0.39 is 97.3 Å². The topological polar surface area (TPSA) is 205 Å². The number of aromatic nitrogens is 2. The molecule has 1 aliphatic rings. The van der Waals surface area contributed by atoms with Crippen molar-refractivity contribution in [1.82, 2.24) is 9.55 Å². The Bertz CT molecular complexity index is 1420. The van der Waals surface area contributed by atoms with Crippen molar-refractivity contribution in [3.05, 3.63) is 32.6 Å². The van der Waals surface area contributed by atoms with Gasteiger partial charge in [-0.2, -0.15) is 0 Å². The fourth-order valence-corrected chi connectivity index (χ4v) is 5.33. The molecule has 2 rings (SSSR count). The predicted octanol–water partition coefficient (Wildman–Crippen LogP) is 3.69. The molecule has 16 nitrogen and oxygen atoms in total. The summed E-state index contributed by atoms with van der Waals surface area (Å²) in [5.74, 6) is -5.60. The van der Waals surface area contributed by atoms with E-state index in [-0.39, 0.29) is 12.8 Å². The van der Waals surface area contributed by atoms with Gasteiger partial charge in [0.1, 0.15) is 0 Å². The highest BCUT2D eigenvalue weighted by Crippen LogP contribution is 2.55. The normalized spacial score (nSPS) is 17.9. The molecule has 1 saturated carbocycles. The van der Waals surface area contributed by atoms with Crippen LogP contribution in [0.3, 0.4) is 0 Å². The summed E-state index contributed by atoms with van der Waals surface area (Å²) in [6.45, 7) is 13.0. The molecule has 1 aromatic rings. The Kier molecular flexibility index (Phi) is 13.3. The van der Waals surface area contributed by atoms with Gasteiger partial charge in [-0.05, 0) is 88.5 Å². The van der Waals surface area contributed by atoms with Crippen LogP contribution in [-0.4, -0.2) is 65.8 Å². The third kappa shape index (κ3) is 11.7. The van der Waals surface area contributed by atoms with E-state index in [9.17, 15) is 33.3 Å². The van der Waals surface area contributed by atoms with Crippen molar-refractivity contribution in [2.45, 2.75) is 106 Å². The molecule has 0 amide bonds. The van der Waals surface area contributed by atoms with Crippen LogP contribution in [0.5, 0.6) is 0 Å². The summed E-state index contributed by atoms with van der Waals surface area (Å²) < 4.78 is 52.6. The van der Waals surface area contributed by atoms with Crippen molar-refractivity contribution in [1.29, 1.82) is 0 Å². The van der Waals surface area contributed by atoms with Crippen LogP contribution in [0, 0.1) is 23.2 Å². The van der Waals surface area contributed by atoms with E-state index in [0.717, 1.165) is 0 Å². The van der Waals surface area contributed by atoms with E-state index in [1.165, 1.54) is 10.8 Å². The monoisotopic (exact) mass is 690 g/mol. The Balaban J connectivity index is 2.39. The first-order chi connectivity index (χ1) is 21.5. The molecular formula is C30H47N2O14P. The Morgan fingerprint density at radius 1 is 0.809 bits per heavy atom. The first-order valence-electron chi connectivity index (χ1n) is 15.0. The number of carbonyl (C=O) groups is 4. The van der Waals surface area contributed by atoms with Gasteiger partial charge in [0.15, 0.2) is 0 Å². The number of hydrogen-bond donors (Lipinski definition) is 1. The molecule has 1 aromatic heterocycles. The lowest BCUT2D eigenvalue weighted by Gasteiger charge is -2.28. The zero-order valence-corrected chi connectivity index (χ0v) is 29.6. The lowest BCUT2D eigenvalue weighted by molar-refractivity contribution is -0.179. The molecule has 0 saturated heterocycles. The second kappa shape index (κ2) is 15.7. The van der Waals surface area contributed by atoms with Crippen molar-refractivity contribution in [2.24, 2.45) is 16.2 Å². The van der Waals surface area contributed by atoms with E-state index in [1.54, 1.807) is 69.2 Å². The number of nitrogens with one attached hydrogen (secondary N) is 1. The molecule has 266 valence electrons. The fraction of sp³-hybridized carbons (Fsp3) is 0.733. The molecule has 17 heteroatoms. The number of aryl methyl sites for hydroxylation is 1. The SMILES string of the molecule is Cc1cn(C2CCC(OC(C(=O)OCOC(=O)C(C)(C)C)P(=O)(OCOC(=O)C(C)(C)C)OCOC(=O)C(C)(C)C)C2)c(=O)[nH]c1=O. The standard InChI is InChI=1S/C30H47N2O14P/c1-18-14-32(27(38)31-21(18)33)19-11-12-20(13-19)46-23(22(34)40-15-41-24(35)28(2,3)4)47(39,44-16-42-25(36)29(5,6)7)45-17-43-26(37)30(8,9)10/h14,19-20,23H,11-13,15-17H2,1-10H3,(H,31,33,38). The van der Waals surface area contributed by atoms with Gasteiger partial charge < -0.3 is 23.7 Å². The summed E-state index contributed by atoms with van der Waals surface area (Å²) >= 11 is 0. The van der Waals surface area contributed by atoms with Crippen LogP contribution in [0.1, 0.15) is 93.2 Å². The number of carbonyl (C=O) groups excluding carboxylic acids is 4. The largest absolute Gasteiger partial charge is 0.438 e. The first kappa shape index (κ1) is 39.8. The van der Waals surface area contributed by atoms with E-state index in [4.69, 9.17) is 32.7 Å². The number of esters is 4. The quantitative estimate of drug-likeness (QED) is 0.136. The van der Waals surface area contributed by atoms with Crippen LogP contribution >= 0.6 is 7.60 Å². The summed E-state index contributed by atoms with van der Waals surface area (Å²) in [5, 5.41) is 0. The number of rotatable bonds is 13. The second-order valence-corrected chi connectivity index (χ2v) is 16.3. The van der Waals surface area contributed by atoms with Gasteiger partial charge in [0, 0.05) is 17.8 Å². The third-order valence-corrected chi connectivity index (χ3v) is 8.62.